The van der Waals surface area contributed by atoms with Crippen LogP contribution in [0, 0.1) is 0 Å². The fraction of sp³-hybridized carbons (Fsp3) is 0.700. The van der Waals surface area contributed by atoms with Crippen molar-refractivity contribution in [1.82, 2.24) is 15.6 Å². The van der Waals surface area contributed by atoms with E-state index in [0.717, 1.165) is 69.9 Å². The number of hydrogen-bond acceptors (Lipinski definition) is 4. The van der Waals surface area contributed by atoms with Gasteiger partial charge in [0.15, 0.2) is 5.96 Å². The molecule has 4 N–H and O–H groups in total. The topological polar surface area (TPSA) is 81.6 Å². The maximum atomic E-state index is 10.7. The Morgan fingerprint density at radius 1 is 1.07 bits per heavy atom. The van der Waals surface area contributed by atoms with Gasteiger partial charge in [-0.15, -0.1) is 24.0 Å². The summed E-state index contributed by atoms with van der Waals surface area (Å²) in [6.45, 7) is 9.28. The summed E-state index contributed by atoms with van der Waals surface area (Å²) in [5.74, 6) is 1.71. The van der Waals surface area contributed by atoms with Crippen LogP contribution in [0.2, 0.25) is 0 Å². The van der Waals surface area contributed by atoms with Gasteiger partial charge in [-0.05, 0) is 44.7 Å². The van der Waals surface area contributed by atoms with Crippen LogP contribution in [0.5, 0.6) is 0 Å². The number of nitrogens with one attached hydrogen (secondary N) is 3. The Labute approximate surface area is 182 Å². The summed E-state index contributed by atoms with van der Waals surface area (Å²) in [5, 5.41) is 20.6. The van der Waals surface area contributed by atoms with E-state index in [2.05, 4.69) is 46.7 Å². The summed E-state index contributed by atoms with van der Waals surface area (Å²) in [4.78, 5) is 8.85. The summed E-state index contributed by atoms with van der Waals surface area (Å²) in [7, 11) is 0. The predicted molar refractivity (Wildman–Crippen MR) is 126 cm³/mol. The van der Waals surface area contributed by atoms with Crippen LogP contribution in [-0.2, 0) is 0 Å². The molecule has 0 aromatic carbocycles. The monoisotopic (exact) mass is 491 g/mol. The van der Waals surface area contributed by atoms with E-state index in [1.165, 1.54) is 0 Å². The number of hydrogen-bond donors (Lipinski definition) is 4. The van der Waals surface area contributed by atoms with Crippen LogP contribution >= 0.6 is 24.0 Å². The van der Waals surface area contributed by atoms with Crippen LogP contribution in [0.15, 0.2) is 29.4 Å². The maximum absolute atomic E-state index is 10.7. The van der Waals surface area contributed by atoms with Crippen molar-refractivity contribution in [3.05, 3.63) is 24.4 Å². The average molecular weight is 491 g/mol. The molecule has 0 saturated carbocycles. The molecule has 0 radical (unpaired) electrons. The predicted octanol–water partition coefficient (Wildman–Crippen LogP) is 3.78. The third-order valence-electron chi connectivity index (χ3n) is 4.17. The second kappa shape index (κ2) is 15.9. The minimum Gasteiger partial charge on any atom is -0.388 e. The lowest BCUT2D eigenvalue weighted by atomic mass is 9.93. The van der Waals surface area contributed by atoms with Gasteiger partial charge in [0.1, 0.15) is 5.82 Å². The first-order valence-corrected chi connectivity index (χ1v) is 10.0. The zero-order valence-corrected chi connectivity index (χ0v) is 19.5. The molecule has 1 rings (SSSR count). The summed E-state index contributed by atoms with van der Waals surface area (Å²) < 4.78 is 0. The van der Waals surface area contributed by atoms with Crippen LogP contribution in [-0.4, -0.2) is 47.8 Å². The van der Waals surface area contributed by atoms with Crippen molar-refractivity contribution in [2.24, 2.45) is 4.99 Å². The van der Waals surface area contributed by atoms with Crippen molar-refractivity contribution in [3.63, 3.8) is 0 Å². The molecule has 6 nitrogen and oxygen atoms in total. The zero-order chi connectivity index (χ0) is 19.1. The van der Waals surface area contributed by atoms with E-state index in [-0.39, 0.29) is 24.0 Å². The first-order valence-electron chi connectivity index (χ1n) is 10.0. The number of anilines is 1. The van der Waals surface area contributed by atoms with E-state index < -0.39 is 5.60 Å². The highest BCUT2D eigenvalue weighted by Gasteiger charge is 2.24. The lowest BCUT2D eigenvalue weighted by Crippen LogP contribution is -2.40. The number of aromatic nitrogens is 1. The van der Waals surface area contributed by atoms with Gasteiger partial charge in [0.25, 0.3) is 0 Å². The highest BCUT2D eigenvalue weighted by Crippen LogP contribution is 2.19. The molecule has 0 bridgehead atoms. The number of unbranched alkanes of at least 4 members (excludes halogenated alkanes) is 1. The molecular weight excluding hydrogens is 453 g/mol. The average Bonchev–Trinajstić information content (AvgIpc) is 2.64. The third-order valence-corrected chi connectivity index (χ3v) is 4.17. The first-order chi connectivity index (χ1) is 12.6. The first kappa shape index (κ1) is 25.9. The van der Waals surface area contributed by atoms with E-state index in [9.17, 15) is 5.11 Å². The van der Waals surface area contributed by atoms with Crippen molar-refractivity contribution in [1.29, 1.82) is 0 Å². The van der Waals surface area contributed by atoms with Gasteiger partial charge in [0, 0.05) is 25.8 Å². The molecule has 1 aromatic heterocycles. The summed E-state index contributed by atoms with van der Waals surface area (Å²) in [6, 6.07) is 5.87. The standard InChI is InChI=1S/C20H37N5O.HI/c1-4-12-20(26,13-5-2)17-25-19(21-6-3)24-16-10-9-15-23-18-11-7-8-14-22-18;/h7-8,11,14,26H,4-6,9-10,12-13,15-17H2,1-3H3,(H,22,23)(H2,21,24,25);1H. The van der Waals surface area contributed by atoms with Crippen molar-refractivity contribution >= 4 is 35.8 Å². The van der Waals surface area contributed by atoms with Crippen molar-refractivity contribution in [2.45, 2.75) is 64.9 Å². The van der Waals surface area contributed by atoms with Crippen molar-refractivity contribution in [2.75, 3.05) is 31.5 Å². The van der Waals surface area contributed by atoms with Crippen LogP contribution < -0.4 is 16.0 Å². The van der Waals surface area contributed by atoms with Gasteiger partial charge in [0.2, 0.25) is 0 Å². The fourth-order valence-electron chi connectivity index (χ4n) is 2.92. The van der Waals surface area contributed by atoms with Gasteiger partial charge >= 0.3 is 0 Å². The number of aliphatic hydroxyl groups is 1. The van der Waals surface area contributed by atoms with E-state index in [0.29, 0.717) is 6.54 Å². The molecule has 0 aliphatic carbocycles. The number of pyridine rings is 1. The van der Waals surface area contributed by atoms with Crippen LogP contribution in [0.25, 0.3) is 0 Å². The second-order valence-corrected chi connectivity index (χ2v) is 6.70. The Balaban J connectivity index is 0.00000676. The molecule has 1 aromatic rings. The van der Waals surface area contributed by atoms with Gasteiger partial charge in [-0.2, -0.15) is 0 Å². The Hall–Kier alpha value is -1.09. The van der Waals surface area contributed by atoms with Crippen LogP contribution in [0.3, 0.4) is 0 Å². The van der Waals surface area contributed by atoms with Crippen LogP contribution in [0.1, 0.15) is 59.3 Å². The molecule has 0 spiro atoms. The maximum Gasteiger partial charge on any atom is 0.191 e. The van der Waals surface area contributed by atoms with Gasteiger partial charge in [0.05, 0.1) is 12.1 Å². The minimum atomic E-state index is -0.682. The summed E-state index contributed by atoms with van der Waals surface area (Å²) >= 11 is 0. The molecule has 1 heterocycles. The number of halogens is 1. The van der Waals surface area contributed by atoms with E-state index in [1.807, 2.05) is 18.2 Å². The zero-order valence-electron chi connectivity index (χ0n) is 17.1. The number of aliphatic imine (C=N–C) groups is 1. The third kappa shape index (κ3) is 12.1. The Morgan fingerprint density at radius 3 is 2.37 bits per heavy atom. The Morgan fingerprint density at radius 2 is 1.78 bits per heavy atom. The molecule has 0 aliphatic rings. The summed E-state index contributed by atoms with van der Waals surface area (Å²) in [6.07, 6.45) is 7.42. The quantitative estimate of drug-likeness (QED) is 0.146. The molecule has 156 valence electrons. The van der Waals surface area contributed by atoms with E-state index in [1.54, 1.807) is 6.20 Å². The number of guanidine groups is 1. The highest BCUT2D eigenvalue weighted by molar-refractivity contribution is 14.0. The molecule has 27 heavy (non-hydrogen) atoms. The molecule has 0 fully saturated rings. The van der Waals surface area contributed by atoms with Gasteiger partial charge in [-0.3, -0.25) is 4.99 Å². The lowest BCUT2D eigenvalue weighted by Gasteiger charge is -2.26. The highest BCUT2D eigenvalue weighted by atomic mass is 127. The van der Waals surface area contributed by atoms with Crippen molar-refractivity contribution < 1.29 is 5.11 Å². The number of rotatable bonds is 13. The van der Waals surface area contributed by atoms with Crippen molar-refractivity contribution in [3.8, 4) is 0 Å². The Bertz CT molecular complexity index is 492. The van der Waals surface area contributed by atoms with Gasteiger partial charge < -0.3 is 21.1 Å². The lowest BCUT2D eigenvalue weighted by molar-refractivity contribution is 0.0306. The molecule has 0 saturated heterocycles. The minimum absolute atomic E-state index is 0. The Kier molecular flexibility index (Phi) is 15.3. The SMILES string of the molecule is CCCC(O)(CCC)CN=C(NCC)NCCCCNc1ccccn1.I. The second-order valence-electron chi connectivity index (χ2n) is 6.70. The van der Waals surface area contributed by atoms with Gasteiger partial charge in [-0.1, -0.05) is 32.8 Å². The largest absolute Gasteiger partial charge is 0.388 e. The molecule has 0 atom stereocenters. The van der Waals surface area contributed by atoms with E-state index in [4.69, 9.17) is 0 Å². The fourth-order valence-corrected chi connectivity index (χ4v) is 2.92. The van der Waals surface area contributed by atoms with Gasteiger partial charge in [-0.25, -0.2) is 4.98 Å². The molecule has 7 heteroatoms. The summed E-state index contributed by atoms with van der Waals surface area (Å²) in [5.41, 5.74) is -0.682. The normalized spacial score (nSPS) is 11.6. The smallest absolute Gasteiger partial charge is 0.191 e. The molecule has 0 unspecified atom stereocenters. The molecule has 0 amide bonds. The number of nitrogens with zero attached hydrogens (tertiary/aromatic N) is 2. The van der Waals surface area contributed by atoms with Crippen LogP contribution in [0.4, 0.5) is 5.82 Å². The van der Waals surface area contributed by atoms with E-state index >= 15 is 0 Å². The molecule has 0 aliphatic heterocycles. The molecular formula is C20H38IN5O.